The Hall–Kier alpha value is -3.50. The molecule has 1 atom stereocenters. The van der Waals surface area contributed by atoms with Crippen LogP contribution in [0.1, 0.15) is 20.3 Å². The van der Waals surface area contributed by atoms with Gasteiger partial charge < -0.3 is 10.2 Å². The Balaban J connectivity index is 1.42. The topological polar surface area (TPSA) is 105 Å². The molecule has 1 aliphatic heterocycles. The SMILES string of the molecule is CCN(CC)S(=O)(=O)c1ccc(N2CC(C(=O)Nc3ccn(-c4ccccc4)n3)CC2=O)cc1. The van der Waals surface area contributed by atoms with Crippen LogP contribution in [-0.2, 0) is 19.6 Å². The van der Waals surface area contributed by atoms with Crippen molar-refractivity contribution >= 4 is 33.3 Å². The molecule has 1 unspecified atom stereocenters. The third-order valence-electron chi connectivity index (χ3n) is 5.85. The minimum absolute atomic E-state index is 0.0741. The van der Waals surface area contributed by atoms with Gasteiger partial charge in [-0.1, -0.05) is 32.0 Å². The second-order valence-electron chi connectivity index (χ2n) is 7.96. The molecule has 10 heteroatoms. The van der Waals surface area contributed by atoms with Crippen molar-refractivity contribution in [3.63, 3.8) is 0 Å². The summed E-state index contributed by atoms with van der Waals surface area (Å²) < 4.78 is 28.4. The zero-order valence-electron chi connectivity index (χ0n) is 19.1. The van der Waals surface area contributed by atoms with E-state index in [1.165, 1.54) is 21.3 Å². The van der Waals surface area contributed by atoms with Gasteiger partial charge in [0.1, 0.15) is 0 Å². The first-order chi connectivity index (χ1) is 16.3. The van der Waals surface area contributed by atoms with Crippen LogP contribution in [0.4, 0.5) is 11.5 Å². The van der Waals surface area contributed by atoms with Crippen molar-refractivity contribution in [2.75, 3.05) is 29.9 Å². The lowest BCUT2D eigenvalue weighted by molar-refractivity contribution is -0.122. The molecule has 2 aromatic carbocycles. The molecular weight excluding hydrogens is 454 g/mol. The number of benzene rings is 2. The predicted octanol–water partition coefficient (Wildman–Crippen LogP) is 2.89. The summed E-state index contributed by atoms with van der Waals surface area (Å²) >= 11 is 0. The molecule has 9 nitrogen and oxygen atoms in total. The highest BCUT2D eigenvalue weighted by Gasteiger charge is 2.35. The van der Waals surface area contributed by atoms with E-state index in [1.54, 1.807) is 42.9 Å². The van der Waals surface area contributed by atoms with Gasteiger partial charge in [-0.15, -0.1) is 0 Å². The second kappa shape index (κ2) is 9.78. The van der Waals surface area contributed by atoms with Gasteiger partial charge in [-0.3, -0.25) is 9.59 Å². The number of anilines is 2. The van der Waals surface area contributed by atoms with Gasteiger partial charge in [0, 0.05) is 44.0 Å². The third kappa shape index (κ3) is 4.73. The molecule has 1 fully saturated rings. The highest BCUT2D eigenvalue weighted by Crippen LogP contribution is 2.28. The van der Waals surface area contributed by atoms with E-state index in [2.05, 4.69) is 10.4 Å². The van der Waals surface area contributed by atoms with Gasteiger partial charge in [-0.25, -0.2) is 13.1 Å². The van der Waals surface area contributed by atoms with E-state index >= 15 is 0 Å². The Morgan fingerprint density at radius 2 is 1.71 bits per heavy atom. The van der Waals surface area contributed by atoms with Crippen molar-refractivity contribution in [2.24, 2.45) is 5.92 Å². The monoisotopic (exact) mass is 481 g/mol. The Bertz CT molecular complexity index is 1270. The Morgan fingerprint density at radius 3 is 2.35 bits per heavy atom. The van der Waals surface area contributed by atoms with Gasteiger partial charge in [-0.2, -0.15) is 9.40 Å². The first-order valence-corrected chi connectivity index (χ1v) is 12.6. The Labute approximate surface area is 199 Å². The van der Waals surface area contributed by atoms with E-state index in [-0.39, 0.29) is 29.7 Å². The lowest BCUT2D eigenvalue weighted by Gasteiger charge is -2.20. The lowest BCUT2D eigenvalue weighted by Crippen LogP contribution is -2.31. The fourth-order valence-corrected chi connectivity index (χ4v) is 5.44. The molecule has 1 N–H and O–H groups in total. The summed E-state index contributed by atoms with van der Waals surface area (Å²) in [7, 11) is -3.58. The minimum Gasteiger partial charge on any atom is -0.312 e. The van der Waals surface area contributed by atoms with E-state index in [0.717, 1.165) is 5.69 Å². The number of hydrogen-bond donors (Lipinski definition) is 1. The fraction of sp³-hybridized carbons (Fsp3) is 0.292. The normalized spacial score (nSPS) is 16.3. The van der Waals surface area contributed by atoms with Crippen molar-refractivity contribution in [1.82, 2.24) is 14.1 Å². The van der Waals surface area contributed by atoms with Crippen LogP contribution in [0.25, 0.3) is 5.69 Å². The van der Waals surface area contributed by atoms with Crippen LogP contribution in [0.15, 0.2) is 71.8 Å². The van der Waals surface area contributed by atoms with Gasteiger partial charge in [-0.05, 0) is 36.4 Å². The average molecular weight is 482 g/mol. The molecule has 1 saturated heterocycles. The predicted molar refractivity (Wildman–Crippen MR) is 129 cm³/mol. The molecule has 0 radical (unpaired) electrons. The maximum atomic E-state index is 12.8. The zero-order valence-corrected chi connectivity index (χ0v) is 19.9. The first kappa shape index (κ1) is 23.7. The smallest absolute Gasteiger partial charge is 0.243 e. The summed E-state index contributed by atoms with van der Waals surface area (Å²) in [6.45, 7) is 4.55. The highest BCUT2D eigenvalue weighted by atomic mass is 32.2. The summed E-state index contributed by atoms with van der Waals surface area (Å²) in [4.78, 5) is 27.1. The van der Waals surface area contributed by atoms with Gasteiger partial charge in [0.15, 0.2) is 5.82 Å². The van der Waals surface area contributed by atoms with Gasteiger partial charge in [0.2, 0.25) is 21.8 Å². The molecule has 2 amide bonds. The van der Waals surface area contributed by atoms with Crippen LogP contribution in [0.5, 0.6) is 0 Å². The van der Waals surface area contributed by atoms with E-state index in [9.17, 15) is 18.0 Å². The summed E-state index contributed by atoms with van der Waals surface area (Å²) in [5.74, 6) is -0.594. The number of carbonyl (C=O) groups excluding carboxylic acids is 2. The second-order valence-corrected chi connectivity index (χ2v) is 9.90. The van der Waals surface area contributed by atoms with Crippen molar-refractivity contribution in [3.8, 4) is 5.69 Å². The number of aromatic nitrogens is 2. The summed E-state index contributed by atoms with van der Waals surface area (Å²) in [5, 5.41) is 7.16. The van der Waals surface area contributed by atoms with Crippen LogP contribution in [0.3, 0.4) is 0 Å². The van der Waals surface area contributed by atoms with E-state index in [0.29, 0.717) is 24.6 Å². The number of para-hydroxylation sites is 1. The largest absolute Gasteiger partial charge is 0.312 e. The maximum Gasteiger partial charge on any atom is 0.243 e. The van der Waals surface area contributed by atoms with Gasteiger partial charge in [0.25, 0.3) is 0 Å². The molecule has 2 heterocycles. The molecule has 34 heavy (non-hydrogen) atoms. The zero-order chi connectivity index (χ0) is 24.3. The van der Waals surface area contributed by atoms with Gasteiger partial charge >= 0.3 is 0 Å². The highest BCUT2D eigenvalue weighted by molar-refractivity contribution is 7.89. The van der Waals surface area contributed by atoms with Gasteiger partial charge in [0.05, 0.1) is 16.5 Å². The Kier molecular flexibility index (Phi) is 6.80. The molecule has 0 spiro atoms. The van der Waals surface area contributed by atoms with E-state index in [1.807, 2.05) is 30.3 Å². The van der Waals surface area contributed by atoms with Crippen LogP contribution in [0, 0.1) is 5.92 Å². The number of sulfonamides is 1. The maximum absolute atomic E-state index is 12.8. The van der Waals surface area contributed by atoms with E-state index in [4.69, 9.17) is 0 Å². The van der Waals surface area contributed by atoms with E-state index < -0.39 is 15.9 Å². The quantitative estimate of drug-likeness (QED) is 0.533. The van der Waals surface area contributed by atoms with Crippen molar-refractivity contribution < 1.29 is 18.0 Å². The molecule has 1 aromatic heterocycles. The first-order valence-electron chi connectivity index (χ1n) is 11.2. The van der Waals surface area contributed by atoms with Crippen molar-refractivity contribution in [3.05, 3.63) is 66.9 Å². The average Bonchev–Trinajstić information content (AvgIpc) is 3.47. The van der Waals surface area contributed by atoms with Crippen LogP contribution in [-0.4, -0.2) is 54.0 Å². The number of hydrogen-bond acceptors (Lipinski definition) is 5. The summed E-state index contributed by atoms with van der Waals surface area (Å²) in [6.07, 6.45) is 1.83. The minimum atomic E-state index is -3.58. The number of amides is 2. The molecule has 3 aromatic rings. The summed E-state index contributed by atoms with van der Waals surface area (Å²) in [5.41, 5.74) is 1.43. The standard InChI is InChI=1S/C24H27N5O4S/c1-3-27(4-2)34(32,33)21-12-10-19(11-13-21)28-17-18(16-23(28)30)24(31)25-22-14-15-29(26-22)20-8-6-5-7-9-20/h5-15,18H,3-4,16-17H2,1-2H3,(H,25,26,31). The van der Waals surface area contributed by atoms with Crippen LogP contribution in [0.2, 0.25) is 0 Å². The van der Waals surface area contributed by atoms with Crippen LogP contribution >= 0.6 is 0 Å². The molecule has 0 aliphatic carbocycles. The number of rotatable bonds is 8. The molecule has 1 aliphatic rings. The molecule has 0 saturated carbocycles. The number of nitrogens with zero attached hydrogens (tertiary/aromatic N) is 4. The van der Waals surface area contributed by atoms with Crippen molar-refractivity contribution in [1.29, 1.82) is 0 Å². The number of nitrogens with one attached hydrogen (secondary N) is 1. The molecule has 178 valence electrons. The van der Waals surface area contributed by atoms with Crippen LogP contribution < -0.4 is 10.2 Å². The summed E-state index contributed by atoms with van der Waals surface area (Å²) in [6, 6.07) is 17.4. The van der Waals surface area contributed by atoms with Crippen molar-refractivity contribution in [2.45, 2.75) is 25.2 Å². The molecular formula is C24H27N5O4S. The molecule has 0 bridgehead atoms. The Morgan fingerprint density at radius 1 is 1.03 bits per heavy atom. The lowest BCUT2D eigenvalue weighted by atomic mass is 10.1. The third-order valence-corrected chi connectivity index (χ3v) is 7.91. The number of carbonyl (C=O) groups is 2. The fourth-order valence-electron chi connectivity index (χ4n) is 3.99. The molecule has 4 rings (SSSR count).